The Hall–Kier alpha value is -0.860. The van der Waals surface area contributed by atoms with Crippen molar-refractivity contribution in [3.63, 3.8) is 0 Å². The maximum atomic E-state index is 11.9. The summed E-state index contributed by atoms with van der Waals surface area (Å²) in [5.41, 5.74) is 0. The highest BCUT2D eigenvalue weighted by molar-refractivity contribution is 5.89. The minimum Gasteiger partial charge on any atom is -0.346 e. The summed E-state index contributed by atoms with van der Waals surface area (Å²) >= 11 is 0. The van der Waals surface area contributed by atoms with Crippen LogP contribution in [0, 0.1) is 5.92 Å². The molecular formula is C14H25NO2. The number of hydrogen-bond donors (Lipinski definition) is 1. The Kier molecular flexibility index (Phi) is 6.23. The van der Waals surface area contributed by atoms with Crippen LogP contribution in [0.1, 0.15) is 65.2 Å². The molecule has 1 amide bonds. The minimum atomic E-state index is -0.223. The van der Waals surface area contributed by atoms with Gasteiger partial charge >= 0.3 is 0 Å². The van der Waals surface area contributed by atoms with Crippen molar-refractivity contribution in [2.45, 2.75) is 71.3 Å². The van der Waals surface area contributed by atoms with Crippen molar-refractivity contribution in [1.82, 2.24) is 5.32 Å². The first kappa shape index (κ1) is 14.2. The lowest BCUT2D eigenvalue weighted by atomic mass is 9.81. The van der Waals surface area contributed by atoms with E-state index < -0.39 is 0 Å². The van der Waals surface area contributed by atoms with Crippen LogP contribution >= 0.6 is 0 Å². The number of nitrogens with one attached hydrogen (secondary N) is 1. The molecular weight excluding hydrogens is 214 g/mol. The van der Waals surface area contributed by atoms with Gasteiger partial charge in [0.15, 0.2) is 5.78 Å². The summed E-state index contributed by atoms with van der Waals surface area (Å²) in [6, 6.07) is -0.223. The van der Waals surface area contributed by atoms with E-state index in [1.165, 1.54) is 19.3 Å². The Morgan fingerprint density at radius 3 is 2.35 bits per heavy atom. The fourth-order valence-corrected chi connectivity index (χ4v) is 2.62. The van der Waals surface area contributed by atoms with E-state index in [1.807, 2.05) is 13.8 Å². The lowest BCUT2D eigenvalue weighted by molar-refractivity contribution is -0.129. The van der Waals surface area contributed by atoms with Crippen molar-refractivity contribution in [2.75, 3.05) is 0 Å². The predicted molar refractivity (Wildman–Crippen MR) is 68.7 cm³/mol. The highest BCUT2D eigenvalue weighted by atomic mass is 16.2. The molecule has 0 aliphatic heterocycles. The van der Waals surface area contributed by atoms with Crippen LogP contribution in [0.25, 0.3) is 0 Å². The van der Waals surface area contributed by atoms with Crippen LogP contribution in [0.4, 0.5) is 0 Å². The Morgan fingerprint density at radius 1 is 1.18 bits per heavy atom. The second-order valence-corrected chi connectivity index (χ2v) is 5.01. The van der Waals surface area contributed by atoms with Crippen molar-refractivity contribution in [3.8, 4) is 0 Å². The quantitative estimate of drug-likeness (QED) is 0.774. The summed E-state index contributed by atoms with van der Waals surface area (Å²) in [5, 5.41) is 2.95. The van der Waals surface area contributed by atoms with Crippen LogP contribution in [0.3, 0.4) is 0 Å². The van der Waals surface area contributed by atoms with Gasteiger partial charge in [-0.2, -0.15) is 0 Å². The van der Waals surface area contributed by atoms with Gasteiger partial charge in [0.2, 0.25) is 5.91 Å². The van der Waals surface area contributed by atoms with Gasteiger partial charge in [0.25, 0.3) is 0 Å². The summed E-state index contributed by atoms with van der Waals surface area (Å²) < 4.78 is 0. The van der Waals surface area contributed by atoms with E-state index in [4.69, 9.17) is 0 Å². The van der Waals surface area contributed by atoms with E-state index in [2.05, 4.69) is 5.32 Å². The van der Waals surface area contributed by atoms with Gasteiger partial charge in [-0.15, -0.1) is 0 Å². The molecule has 1 unspecified atom stereocenters. The van der Waals surface area contributed by atoms with Crippen molar-refractivity contribution in [3.05, 3.63) is 0 Å². The summed E-state index contributed by atoms with van der Waals surface area (Å²) in [5.74, 6) is 0.600. The molecule has 0 aromatic carbocycles. The third kappa shape index (κ3) is 4.49. The lowest BCUT2D eigenvalue weighted by Gasteiger charge is -2.29. The topological polar surface area (TPSA) is 46.2 Å². The summed E-state index contributed by atoms with van der Waals surface area (Å²) in [6.07, 6.45) is 7.72. The van der Waals surface area contributed by atoms with Gasteiger partial charge in [-0.3, -0.25) is 9.59 Å². The fraction of sp³-hybridized carbons (Fsp3) is 0.857. The van der Waals surface area contributed by atoms with E-state index in [9.17, 15) is 9.59 Å². The molecule has 1 N–H and O–H groups in total. The summed E-state index contributed by atoms with van der Waals surface area (Å²) in [6.45, 7) is 3.86. The Labute approximate surface area is 104 Å². The van der Waals surface area contributed by atoms with Gasteiger partial charge in [-0.1, -0.05) is 33.1 Å². The van der Waals surface area contributed by atoms with Gasteiger partial charge in [-0.25, -0.2) is 0 Å². The van der Waals surface area contributed by atoms with E-state index >= 15 is 0 Å². The lowest BCUT2D eigenvalue weighted by Crippen LogP contribution is -2.46. The Morgan fingerprint density at radius 2 is 1.82 bits per heavy atom. The molecule has 3 nitrogen and oxygen atoms in total. The van der Waals surface area contributed by atoms with Crippen LogP contribution in [0.15, 0.2) is 0 Å². The Bertz CT molecular complexity index is 257. The van der Waals surface area contributed by atoms with E-state index in [1.54, 1.807) is 0 Å². The monoisotopic (exact) mass is 239 g/mol. The maximum Gasteiger partial charge on any atom is 0.220 e. The summed E-state index contributed by atoms with van der Waals surface area (Å²) in [4.78, 5) is 23.6. The van der Waals surface area contributed by atoms with Crippen molar-refractivity contribution >= 4 is 11.7 Å². The number of carbonyl (C=O) groups excluding carboxylic acids is 2. The molecule has 0 aromatic heterocycles. The van der Waals surface area contributed by atoms with Gasteiger partial charge in [0.05, 0.1) is 6.04 Å². The predicted octanol–water partition coefficient (Wildman–Crippen LogP) is 2.83. The van der Waals surface area contributed by atoms with E-state index in [0.29, 0.717) is 18.8 Å². The molecule has 0 heterocycles. The minimum absolute atomic E-state index is 0.0323. The molecule has 0 saturated heterocycles. The zero-order valence-corrected chi connectivity index (χ0v) is 11.1. The molecule has 1 fully saturated rings. The molecule has 1 rings (SSSR count). The normalized spacial score (nSPS) is 18.7. The molecule has 1 saturated carbocycles. The molecule has 17 heavy (non-hydrogen) atoms. The van der Waals surface area contributed by atoms with Crippen LogP contribution in [0.5, 0.6) is 0 Å². The van der Waals surface area contributed by atoms with Gasteiger partial charge < -0.3 is 5.32 Å². The SMILES string of the molecule is CCCC(=O)NC(C(=O)CC)C1CCCCC1. The van der Waals surface area contributed by atoms with Crippen molar-refractivity contribution < 1.29 is 9.59 Å². The number of carbonyl (C=O) groups is 2. The number of amides is 1. The number of hydrogen-bond acceptors (Lipinski definition) is 2. The molecule has 0 radical (unpaired) electrons. The molecule has 3 heteroatoms. The molecule has 1 aliphatic carbocycles. The molecule has 1 aliphatic rings. The van der Waals surface area contributed by atoms with Crippen LogP contribution in [-0.4, -0.2) is 17.7 Å². The molecule has 1 atom stereocenters. The number of ketones is 1. The molecule has 0 spiro atoms. The third-order valence-corrected chi connectivity index (χ3v) is 3.61. The number of Topliss-reactive ketones (excluding diaryl/α,β-unsaturated/α-hetero) is 1. The fourth-order valence-electron chi connectivity index (χ4n) is 2.62. The largest absolute Gasteiger partial charge is 0.346 e. The van der Waals surface area contributed by atoms with Gasteiger partial charge in [0.1, 0.15) is 0 Å². The third-order valence-electron chi connectivity index (χ3n) is 3.61. The first-order valence-electron chi connectivity index (χ1n) is 7.01. The van der Waals surface area contributed by atoms with E-state index in [0.717, 1.165) is 19.3 Å². The average Bonchev–Trinajstić information content (AvgIpc) is 2.36. The molecule has 0 bridgehead atoms. The highest BCUT2D eigenvalue weighted by Gasteiger charge is 2.29. The first-order chi connectivity index (χ1) is 8.19. The molecule has 0 aromatic rings. The zero-order chi connectivity index (χ0) is 12.7. The Balaban J connectivity index is 2.58. The smallest absolute Gasteiger partial charge is 0.220 e. The summed E-state index contributed by atoms with van der Waals surface area (Å²) in [7, 11) is 0. The molecule has 98 valence electrons. The van der Waals surface area contributed by atoms with Gasteiger partial charge in [0, 0.05) is 12.8 Å². The average molecular weight is 239 g/mol. The van der Waals surface area contributed by atoms with Crippen molar-refractivity contribution in [2.24, 2.45) is 5.92 Å². The first-order valence-corrected chi connectivity index (χ1v) is 7.01. The van der Waals surface area contributed by atoms with Crippen LogP contribution < -0.4 is 5.32 Å². The second-order valence-electron chi connectivity index (χ2n) is 5.01. The second kappa shape index (κ2) is 7.46. The van der Waals surface area contributed by atoms with Crippen molar-refractivity contribution in [1.29, 1.82) is 0 Å². The van der Waals surface area contributed by atoms with Crippen LogP contribution in [-0.2, 0) is 9.59 Å². The van der Waals surface area contributed by atoms with Gasteiger partial charge in [-0.05, 0) is 25.2 Å². The highest BCUT2D eigenvalue weighted by Crippen LogP contribution is 2.27. The standard InChI is InChI=1S/C14H25NO2/c1-3-8-13(17)15-14(12(16)4-2)11-9-6-5-7-10-11/h11,14H,3-10H2,1-2H3,(H,15,17). The van der Waals surface area contributed by atoms with Crippen LogP contribution in [0.2, 0.25) is 0 Å². The number of rotatable bonds is 6. The van der Waals surface area contributed by atoms with E-state index in [-0.39, 0.29) is 17.7 Å². The zero-order valence-electron chi connectivity index (χ0n) is 11.1. The maximum absolute atomic E-state index is 11.9.